The minimum atomic E-state index is -4.77. The van der Waals surface area contributed by atoms with E-state index in [1.807, 2.05) is 0 Å². The topological polar surface area (TPSA) is 159 Å². The lowest BCUT2D eigenvalue weighted by Crippen LogP contribution is -2.53. The van der Waals surface area contributed by atoms with Gasteiger partial charge < -0.3 is 30.1 Å². The number of aliphatic hydroxyl groups is 3. The number of halogens is 4. The fourth-order valence-electron chi connectivity index (χ4n) is 3.99. The Bertz CT molecular complexity index is 1210. The summed E-state index contributed by atoms with van der Waals surface area (Å²) in [6.45, 7) is 0.709. The van der Waals surface area contributed by atoms with E-state index in [0.717, 1.165) is 40.0 Å². The average Bonchev–Trinajstić information content (AvgIpc) is 3.40. The van der Waals surface area contributed by atoms with Crippen LogP contribution in [0.4, 0.5) is 13.2 Å². The molecule has 1 aliphatic heterocycles. The van der Waals surface area contributed by atoms with Crippen LogP contribution in [0.5, 0.6) is 0 Å². The normalized spacial score (nSPS) is 25.1. The molecular weight excluding hydrogens is 497 g/mol. The van der Waals surface area contributed by atoms with Gasteiger partial charge in [0.15, 0.2) is 5.82 Å². The lowest BCUT2D eigenvalue weighted by atomic mass is 9.83. The highest BCUT2D eigenvalue weighted by Crippen LogP contribution is 2.40. The van der Waals surface area contributed by atoms with Crippen LogP contribution < -0.4 is 5.46 Å². The summed E-state index contributed by atoms with van der Waals surface area (Å²) in [5, 5.41) is 58.3. The van der Waals surface area contributed by atoms with Gasteiger partial charge in [-0.25, -0.2) is 9.67 Å². The second-order valence-corrected chi connectivity index (χ2v) is 8.40. The zero-order valence-electron chi connectivity index (χ0n) is 18.0. The molecule has 4 rings (SSSR count). The van der Waals surface area contributed by atoms with Crippen molar-refractivity contribution in [2.45, 2.75) is 43.6 Å². The van der Waals surface area contributed by atoms with Crippen LogP contribution in [-0.4, -0.2) is 81.9 Å². The lowest BCUT2D eigenvalue weighted by molar-refractivity contribution is -0.210. The molecule has 16 heteroatoms. The van der Waals surface area contributed by atoms with Crippen LogP contribution in [-0.2, 0) is 10.9 Å². The highest BCUT2D eigenvalue weighted by molar-refractivity contribution is 6.58. The van der Waals surface area contributed by atoms with E-state index in [4.69, 9.17) is 16.3 Å². The standard InChI is InChI=1S/C19H20BClF3N5O6/c1-8-26-18(29(27-8)12-4-10(21)2-3-11(12)19(22,23)24)17-16(32)14(15(31)13(7-30)35-17)28-6-9(5-25-28)20(33)34/h2-6,13-17,30-34H,7H2,1H3/t13-,14+,15+,16-,17-/m1/s1. The van der Waals surface area contributed by atoms with Crippen molar-refractivity contribution in [2.24, 2.45) is 0 Å². The van der Waals surface area contributed by atoms with E-state index in [1.54, 1.807) is 0 Å². The number of aliphatic hydroxyl groups excluding tert-OH is 3. The zero-order valence-corrected chi connectivity index (χ0v) is 18.7. The minimum absolute atomic E-state index is 0.00891. The van der Waals surface area contributed by atoms with Crippen molar-refractivity contribution in [3.05, 3.63) is 52.8 Å². The number of hydrogen-bond donors (Lipinski definition) is 5. The Labute approximate surface area is 201 Å². The Kier molecular flexibility index (Phi) is 6.94. The van der Waals surface area contributed by atoms with Crippen molar-refractivity contribution in [3.63, 3.8) is 0 Å². The van der Waals surface area contributed by atoms with E-state index >= 15 is 0 Å². The van der Waals surface area contributed by atoms with Crippen LogP contribution in [0.1, 0.15) is 29.4 Å². The first-order chi connectivity index (χ1) is 16.4. The first-order valence-electron chi connectivity index (χ1n) is 10.3. The highest BCUT2D eigenvalue weighted by Gasteiger charge is 2.48. The lowest BCUT2D eigenvalue weighted by Gasteiger charge is -2.42. The van der Waals surface area contributed by atoms with Crippen molar-refractivity contribution in [1.82, 2.24) is 24.5 Å². The number of benzene rings is 1. The quantitative estimate of drug-likeness (QED) is 0.282. The van der Waals surface area contributed by atoms with E-state index in [0.29, 0.717) is 0 Å². The molecule has 0 bridgehead atoms. The van der Waals surface area contributed by atoms with Crippen molar-refractivity contribution in [3.8, 4) is 5.69 Å². The molecule has 1 saturated heterocycles. The predicted octanol–water partition coefficient (Wildman–Crippen LogP) is -0.480. The predicted molar refractivity (Wildman–Crippen MR) is 114 cm³/mol. The molecule has 0 unspecified atom stereocenters. The maximum Gasteiger partial charge on any atom is 0.491 e. The fourth-order valence-corrected chi connectivity index (χ4v) is 4.16. The van der Waals surface area contributed by atoms with Crippen LogP contribution in [0.25, 0.3) is 5.69 Å². The molecule has 0 amide bonds. The third-order valence-corrected chi connectivity index (χ3v) is 5.84. The van der Waals surface area contributed by atoms with Gasteiger partial charge in [0.05, 0.1) is 17.9 Å². The molecule has 35 heavy (non-hydrogen) atoms. The Hall–Kier alpha value is -2.53. The molecular formula is C19H20BClF3N5O6. The third kappa shape index (κ3) is 4.80. The van der Waals surface area contributed by atoms with Crippen LogP contribution >= 0.6 is 11.6 Å². The van der Waals surface area contributed by atoms with Crippen molar-refractivity contribution < 1.29 is 43.3 Å². The first kappa shape index (κ1) is 25.6. The van der Waals surface area contributed by atoms with E-state index in [-0.39, 0.29) is 22.1 Å². The summed E-state index contributed by atoms with van der Waals surface area (Å²) < 4.78 is 48.8. The number of ether oxygens (including phenoxy) is 1. The minimum Gasteiger partial charge on any atom is -0.423 e. The number of nitrogens with zero attached hydrogens (tertiary/aromatic N) is 5. The van der Waals surface area contributed by atoms with Gasteiger partial charge in [-0.1, -0.05) is 11.6 Å². The van der Waals surface area contributed by atoms with E-state index in [9.17, 15) is 38.5 Å². The Balaban J connectivity index is 1.83. The number of hydrogen-bond acceptors (Lipinski definition) is 9. The largest absolute Gasteiger partial charge is 0.491 e. The number of rotatable bonds is 5. The molecule has 1 aromatic carbocycles. The molecule has 5 N–H and O–H groups in total. The molecule has 2 aromatic heterocycles. The molecule has 3 heterocycles. The first-order valence-corrected chi connectivity index (χ1v) is 10.6. The molecule has 0 aliphatic carbocycles. The van der Waals surface area contributed by atoms with Crippen LogP contribution in [0.2, 0.25) is 5.02 Å². The van der Waals surface area contributed by atoms with Gasteiger partial charge in [0.1, 0.15) is 36.3 Å². The average molecular weight is 518 g/mol. The van der Waals surface area contributed by atoms with Gasteiger partial charge in [-0.05, 0) is 25.1 Å². The number of aromatic nitrogens is 5. The number of aryl methyl sites for hydroxylation is 1. The monoisotopic (exact) mass is 517 g/mol. The van der Waals surface area contributed by atoms with Gasteiger partial charge in [-0.15, -0.1) is 0 Å². The number of alkyl halides is 3. The smallest absolute Gasteiger partial charge is 0.423 e. The van der Waals surface area contributed by atoms with E-state index in [2.05, 4.69) is 15.2 Å². The second-order valence-electron chi connectivity index (χ2n) is 7.97. The molecule has 11 nitrogen and oxygen atoms in total. The maximum absolute atomic E-state index is 13.7. The Morgan fingerprint density at radius 2 is 1.91 bits per heavy atom. The summed E-state index contributed by atoms with van der Waals surface area (Å²) in [5.74, 6) is -0.190. The van der Waals surface area contributed by atoms with Gasteiger partial charge in [-0.3, -0.25) is 4.68 Å². The molecule has 0 spiro atoms. The van der Waals surface area contributed by atoms with Crippen LogP contribution in [0.15, 0.2) is 30.6 Å². The summed E-state index contributed by atoms with van der Waals surface area (Å²) >= 11 is 5.96. The van der Waals surface area contributed by atoms with Crippen molar-refractivity contribution in [2.75, 3.05) is 6.61 Å². The molecule has 1 aliphatic rings. The van der Waals surface area contributed by atoms with Gasteiger partial charge in [0, 0.05) is 22.9 Å². The summed E-state index contributed by atoms with van der Waals surface area (Å²) in [6, 6.07) is 1.59. The van der Waals surface area contributed by atoms with Gasteiger partial charge >= 0.3 is 13.3 Å². The third-order valence-electron chi connectivity index (χ3n) is 5.60. The van der Waals surface area contributed by atoms with Gasteiger partial charge in [0.25, 0.3) is 0 Å². The van der Waals surface area contributed by atoms with Crippen LogP contribution in [0, 0.1) is 6.92 Å². The second kappa shape index (κ2) is 9.50. The molecule has 0 saturated carbocycles. The Morgan fingerprint density at radius 3 is 2.51 bits per heavy atom. The molecule has 188 valence electrons. The van der Waals surface area contributed by atoms with E-state index in [1.165, 1.54) is 6.92 Å². The summed E-state index contributed by atoms with van der Waals surface area (Å²) in [4.78, 5) is 4.15. The summed E-state index contributed by atoms with van der Waals surface area (Å²) in [6.07, 6.45) is -8.48. The SMILES string of the molecule is Cc1nc([C@@H]2O[C@H](CO)[C@H](O)[C@H](n3cc(B(O)O)cn3)[C@H]2O)n(-c2cc(Cl)ccc2C(F)(F)F)n1. The van der Waals surface area contributed by atoms with Crippen molar-refractivity contribution >= 4 is 24.2 Å². The summed E-state index contributed by atoms with van der Waals surface area (Å²) in [5.41, 5.74) is -1.58. The maximum atomic E-state index is 13.7. The molecule has 3 aromatic rings. The highest BCUT2D eigenvalue weighted by atomic mass is 35.5. The summed E-state index contributed by atoms with van der Waals surface area (Å²) in [7, 11) is -1.88. The van der Waals surface area contributed by atoms with Gasteiger partial charge in [0.2, 0.25) is 0 Å². The van der Waals surface area contributed by atoms with Crippen LogP contribution in [0.3, 0.4) is 0 Å². The van der Waals surface area contributed by atoms with Gasteiger partial charge in [-0.2, -0.15) is 23.4 Å². The van der Waals surface area contributed by atoms with E-state index < -0.39 is 61.6 Å². The Morgan fingerprint density at radius 1 is 1.20 bits per heavy atom. The molecule has 1 fully saturated rings. The molecule has 0 radical (unpaired) electrons. The molecule has 5 atom stereocenters. The van der Waals surface area contributed by atoms with Crippen molar-refractivity contribution in [1.29, 1.82) is 0 Å². The zero-order chi connectivity index (χ0) is 25.7. The fraction of sp³-hybridized carbons (Fsp3) is 0.421.